The Balaban J connectivity index is 0.000000257. The maximum absolute atomic E-state index is 10.1. The molecule has 4 nitrogen and oxygen atoms in total. The molecular weight excluding hydrogens is 444 g/mol. The highest BCUT2D eigenvalue weighted by Crippen LogP contribution is 2.40. The van der Waals surface area contributed by atoms with Gasteiger partial charge < -0.3 is 14.7 Å². The molecule has 0 atom stereocenters. The smallest absolute Gasteiger partial charge is 0.518 e. The molecule has 0 aliphatic heterocycles. The van der Waals surface area contributed by atoms with Gasteiger partial charge in [-0.2, -0.15) is 0 Å². The SMILES string of the molecule is C=C(C)C(=[OH+])Oc1ccc(-c2cccc3sc4ccccc4c23)cc1.O=C([O-])c1ccccc1. The summed E-state index contributed by atoms with van der Waals surface area (Å²) in [4.78, 5) is 19.8. The van der Waals surface area contributed by atoms with Crippen LogP contribution >= 0.6 is 11.3 Å². The number of thiophene rings is 1. The normalized spacial score (nSPS) is 10.4. The number of ether oxygens (including phenoxy) is 1. The Morgan fingerprint density at radius 3 is 2.15 bits per heavy atom. The van der Waals surface area contributed by atoms with Crippen molar-refractivity contribution >= 4 is 43.4 Å². The summed E-state index contributed by atoms with van der Waals surface area (Å²) in [7, 11) is 0. The molecule has 0 bridgehead atoms. The Morgan fingerprint density at radius 1 is 0.853 bits per heavy atom. The first kappa shape index (κ1) is 23.0. The van der Waals surface area contributed by atoms with Crippen LogP contribution in [0, 0.1) is 0 Å². The average molecular weight is 467 g/mol. The van der Waals surface area contributed by atoms with Gasteiger partial charge in [0, 0.05) is 32.3 Å². The summed E-state index contributed by atoms with van der Waals surface area (Å²) in [6, 6.07) is 30.7. The molecule has 0 aliphatic rings. The molecule has 5 rings (SSSR count). The van der Waals surface area contributed by atoms with E-state index in [-0.39, 0.29) is 11.5 Å². The number of esters is 1. The highest BCUT2D eigenvalue weighted by molar-refractivity contribution is 7.25. The van der Waals surface area contributed by atoms with Gasteiger partial charge in [-0.1, -0.05) is 67.2 Å². The van der Waals surface area contributed by atoms with Crippen LogP contribution in [0.3, 0.4) is 0 Å². The highest BCUT2D eigenvalue weighted by Gasteiger charge is 2.16. The van der Waals surface area contributed by atoms with Crippen molar-refractivity contribution in [3.63, 3.8) is 0 Å². The van der Waals surface area contributed by atoms with Crippen LogP contribution in [-0.2, 0) is 0 Å². The average Bonchev–Trinajstić information content (AvgIpc) is 3.24. The summed E-state index contributed by atoms with van der Waals surface area (Å²) in [5.41, 5.74) is 3.04. The number of benzene rings is 4. The van der Waals surface area contributed by atoms with Gasteiger partial charge in [0.1, 0.15) is 0 Å². The number of hydrogen-bond donors (Lipinski definition) is 0. The standard InChI is InChI=1S/C22H16O2S.C7H6O2/c1-14(2)22(23)24-16-12-10-15(11-13-16)17-7-5-9-20-21(17)18-6-3-4-8-19(18)25-20;8-7(9)6-4-2-1-3-5-6/h3-13H,1H2,2H3;1-5H,(H,8,9). The van der Waals surface area contributed by atoms with Gasteiger partial charge in [-0.25, -0.2) is 0 Å². The maximum Gasteiger partial charge on any atom is 0.518 e. The molecule has 1 N–H and O–H groups in total. The molecule has 5 heteroatoms. The molecule has 168 valence electrons. The summed E-state index contributed by atoms with van der Waals surface area (Å²) in [6.45, 7) is 5.36. The zero-order valence-corrected chi connectivity index (χ0v) is 19.3. The summed E-state index contributed by atoms with van der Waals surface area (Å²) in [5, 5.41) is 12.7. The number of carboxylic acids is 1. The lowest BCUT2D eigenvalue weighted by atomic mass is 9.99. The van der Waals surface area contributed by atoms with E-state index in [1.807, 2.05) is 35.6 Å². The zero-order chi connectivity index (χ0) is 24.1. The number of aromatic carboxylic acids is 1. The minimum Gasteiger partial charge on any atom is -0.545 e. The monoisotopic (exact) mass is 466 g/mol. The Morgan fingerprint density at radius 2 is 1.50 bits per heavy atom. The van der Waals surface area contributed by atoms with E-state index in [0.717, 1.165) is 5.56 Å². The molecule has 5 aromatic rings. The fourth-order valence-corrected chi connectivity index (χ4v) is 4.62. The first-order chi connectivity index (χ1) is 16.4. The number of fused-ring (bicyclic) bond motifs is 3. The fourth-order valence-electron chi connectivity index (χ4n) is 3.49. The summed E-state index contributed by atoms with van der Waals surface area (Å²) in [5.74, 6) is -0.694. The Kier molecular flexibility index (Phi) is 6.85. The quantitative estimate of drug-likeness (QED) is 0.136. The van der Waals surface area contributed by atoms with Gasteiger partial charge in [0.25, 0.3) is 0 Å². The number of rotatable bonds is 4. The van der Waals surface area contributed by atoms with Gasteiger partial charge in [0.15, 0.2) is 0 Å². The van der Waals surface area contributed by atoms with E-state index in [2.05, 4.69) is 49.0 Å². The summed E-state index contributed by atoms with van der Waals surface area (Å²) in [6.07, 6.45) is 0. The van der Waals surface area contributed by atoms with E-state index < -0.39 is 5.97 Å². The zero-order valence-electron chi connectivity index (χ0n) is 18.5. The van der Waals surface area contributed by atoms with Crippen LogP contribution in [0.25, 0.3) is 31.3 Å². The van der Waals surface area contributed by atoms with Crippen LogP contribution in [0.4, 0.5) is 0 Å². The molecule has 0 saturated carbocycles. The lowest BCUT2D eigenvalue weighted by Crippen LogP contribution is -2.21. The Bertz CT molecular complexity index is 1480. The lowest BCUT2D eigenvalue weighted by molar-refractivity contribution is -0.255. The molecule has 0 spiro atoms. The van der Waals surface area contributed by atoms with Gasteiger partial charge in [0.2, 0.25) is 5.75 Å². The second-order valence-electron chi connectivity index (χ2n) is 7.64. The minimum absolute atomic E-state index is 0.154. The van der Waals surface area contributed by atoms with E-state index in [0.29, 0.717) is 11.3 Å². The van der Waals surface area contributed by atoms with E-state index in [1.54, 1.807) is 25.1 Å². The molecule has 0 amide bonds. The Labute approximate surface area is 201 Å². The predicted molar refractivity (Wildman–Crippen MR) is 138 cm³/mol. The van der Waals surface area contributed by atoms with Gasteiger partial charge in [-0.3, -0.25) is 4.74 Å². The van der Waals surface area contributed by atoms with Crippen LogP contribution in [-0.4, -0.2) is 16.7 Å². The lowest BCUT2D eigenvalue weighted by Gasteiger charge is -2.05. The van der Waals surface area contributed by atoms with Crippen molar-refractivity contribution in [2.75, 3.05) is 0 Å². The molecular formula is C29H22O4S. The number of carbonyl (C=O) groups is 1. The third kappa shape index (κ3) is 5.05. The third-order valence-electron chi connectivity index (χ3n) is 5.16. The van der Waals surface area contributed by atoms with E-state index in [4.69, 9.17) is 4.74 Å². The van der Waals surface area contributed by atoms with Crippen LogP contribution in [0.15, 0.2) is 109 Å². The van der Waals surface area contributed by atoms with Crippen molar-refractivity contribution in [3.8, 4) is 16.9 Å². The second kappa shape index (κ2) is 10.1. The van der Waals surface area contributed by atoms with Gasteiger partial charge in [-0.15, -0.1) is 11.3 Å². The van der Waals surface area contributed by atoms with Gasteiger partial charge in [0.05, 0.1) is 11.5 Å². The molecule has 1 heterocycles. The highest BCUT2D eigenvalue weighted by atomic mass is 32.1. The fraction of sp³-hybridized carbons (Fsp3) is 0.0345. The molecule has 1 aromatic heterocycles. The van der Waals surface area contributed by atoms with Crippen molar-refractivity contribution in [2.45, 2.75) is 6.92 Å². The molecule has 34 heavy (non-hydrogen) atoms. The molecule has 0 radical (unpaired) electrons. The van der Waals surface area contributed by atoms with Crippen LogP contribution < -0.4 is 9.84 Å². The molecule has 0 saturated heterocycles. The van der Waals surface area contributed by atoms with E-state index in [1.165, 1.54) is 37.9 Å². The number of carbonyl (C=O) groups excluding carboxylic acids is 2. The maximum atomic E-state index is 10.1. The topological polar surface area (TPSA) is 70.8 Å². The number of hydrogen-bond acceptors (Lipinski definition) is 4. The Hall–Kier alpha value is -4.22. The largest absolute Gasteiger partial charge is 0.545 e. The summed E-state index contributed by atoms with van der Waals surface area (Å²) < 4.78 is 7.97. The molecule has 0 fully saturated rings. The second-order valence-corrected chi connectivity index (χ2v) is 8.73. The van der Waals surface area contributed by atoms with Gasteiger partial charge in [-0.05, 0) is 47.9 Å². The van der Waals surface area contributed by atoms with Crippen molar-refractivity contribution in [1.82, 2.24) is 0 Å². The molecule has 4 aromatic carbocycles. The third-order valence-corrected chi connectivity index (χ3v) is 6.29. The first-order valence-electron chi connectivity index (χ1n) is 10.6. The van der Waals surface area contributed by atoms with Crippen LogP contribution in [0.5, 0.6) is 5.75 Å². The van der Waals surface area contributed by atoms with Crippen molar-refractivity contribution in [1.29, 1.82) is 0 Å². The van der Waals surface area contributed by atoms with Crippen LogP contribution in [0.1, 0.15) is 17.3 Å². The molecule has 0 unspecified atom stereocenters. The number of carboxylic acid groups (broad SMARTS) is 1. The van der Waals surface area contributed by atoms with E-state index in [9.17, 15) is 14.7 Å². The van der Waals surface area contributed by atoms with Crippen molar-refractivity contribution < 1.29 is 19.4 Å². The van der Waals surface area contributed by atoms with Gasteiger partial charge >= 0.3 is 5.97 Å². The molecule has 0 aliphatic carbocycles. The summed E-state index contributed by atoms with van der Waals surface area (Å²) >= 11 is 1.81. The van der Waals surface area contributed by atoms with Crippen molar-refractivity contribution in [3.05, 3.63) is 115 Å². The van der Waals surface area contributed by atoms with Crippen LogP contribution in [0.2, 0.25) is 0 Å². The van der Waals surface area contributed by atoms with Crippen molar-refractivity contribution in [2.24, 2.45) is 0 Å². The van der Waals surface area contributed by atoms with E-state index >= 15 is 0 Å². The predicted octanol–water partition coefficient (Wildman–Crippen LogP) is 6.23. The minimum atomic E-state index is -1.13. The first-order valence-corrected chi connectivity index (χ1v) is 11.4.